The van der Waals surface area contributed by atoms with Crippen molar-refractivity contribution in [3.63, 3.8) is 0 Å². The lowest BCUT2D eigenvalue weighted by Crippen LogP contribution is -2.44. The van der Waals surface area contributed by atoms with Crippen LogP contribution in [-0.2, 0) is 6.42 Å². The molecule has 1 aromatic carbocycles. The van der Waals surface area contributed by atoms with Crippen molar-refractivity contribution in [1.82, 2.24) is 10.2 Å². The van der Waals surface area contributed by atoms with Gasteiger partial charge >= 0.3 is 6.03 Å². The maximum atomic E-state index is 12.4. The van der Waals surface area contributed by atoms with E-state index in [9.17, 15) is 4.79 Å². The molecule has 0 aliphatic heterocycles. The first-order valence-electron chi connectivity index (χ1n) is 8.71. The lowest BCUT2D eigenvalue weighted by Gasteiger charge is -2.27. The highest BCUT2D eigenvalue weighted by atomic mass is 32.1. The van der Waals surface area contributed by atoms with E-state index in [4.69, 9.17) is 0 Å². The minimum absolute atomic E-state index is 0.0800. The Morgan fingerprint density at radius 3 is 2.74 bits per heavy atom. The molecule has 0 bridgehead atoms. The molecular weight excluding hydrogens is 304 g/mol. The summed E-state index contributed by atoms with van der Waals surface area (Å²) in [6.45, 7) is 0.705. The molecule has 1 heterocycles. The molecule has 1 aliphatic rings. The predicted molar refractivity (Wildman–Crippen MR) is 98.2 cm³/mol. The molecule has 2 amide bonds. The summed E-state index contributed by atoms with van der Waals surface area (Å²) in [5.41, 5.74) is 1.34. The van der Waals surface area contributed by atoms with E-state index in [1.165, 1.54) is 41.3 Å². The van der Waals surface area contributed by atoms with E-state index in [1.54, 1.807) is 11.3 Å². The van der Waals surface area contributed by atoms with Gasteiger partial charge < -0.3 is 10.2 Å². The zero-order valence-electron chi connectivity index (χ0n) is 13.9. The number of nitrogens with one attached hydrogen (secondary N) is 1. The molecular formula is C19H26N2OS. The molecule has 1 N–H and O–H groups in total. The molecule has 1 aliphatic carbocycles. The van der Waals surface area contributed by atoms with Gasteiger partial charge in [0.25, 0.3) is 0 Å². The van der Waals surface area contributed by atoms with Crippen molar-refractivity contribution in [2.24, 2.45) is 0 Å². The molecule has 3 nitrogen and oxygen atoms in total. The van der Waals surface area contributed by atoms with Gasteiger partial charge in [-0.2, -0.15) is 0 Å². The van der Waals surface area contributed by atoms with Crippen LogP contribution in [0.25, 0.3) is 10.1 Å². The van der Waals surface area contributed by atoms with Crippen molar-refractivity contribution in [2.75, 3.05) is 13.6 Å². The third-order valence-corrected chi connectivity index (χ3v) is 5.94. The van der Waals surface area contributed by atoms with Crippen molar-refractivity contribution in [2.45, 2.75) is 51.0 Å². The van der Waals surface area contributed by atoms with Gasteiger partial charge in [-0.3, -0.25) is 0 Å². The predicted octanol–water partition coefficient (Wildman–Crippen LogP) is 4.81. The molecule has 3 rings (SSSR count). The summed E-state index contributed by atoms with van der Waals surface area (Å²) in [5.74, 6) is 0. The van der Waals surface area contributed by atoms with Gasteiger partial charge in [-0.05, 0) is 41.7 Å². The largest absolute Gasteiger partial charge is 0.338 e. The molecule has 0 unspecified atom stereocenters. The molecule has 4 heteroatoms. The molecule has 0 atom stereocenters. The van der Waals surface area contributed by atoms with E-state index < -0.39 is 0 Å². The van der Waals surface area contributed by atoms with E-state index in [0.29, 0.717) is 12.6 Å². The Labute approximate surface area is 142 Å². The van der Waals surface area contributed by atoms with Crippen LogP contribution in [-0.4, -0.2) is 30.6 Å². The molecule has 0 radical (unpaired) electrons. The highest BCUT2D eigenvalue weighted by Crippen LogP contribution is 2.25. The van der Waals surface area contributed by atoms with Crippen molar-refractivity contribution in [3.8, 4) is 0 Å². The number of carbonyl (C=O) groups excluding carboxylic acids is 1. The van der Waals surface area contributed by atoms with Crippen LogP contribution in [0.5, 0.6) is 0 Å². The Balaban J connectivity index is 1.50. The van der Waals surface area contributed by atoms with Crippen LogP contribution in [0.15, 0.2) is 29.6 Å². The van der Waals surface area contributed by atoms with Crippen molar-refractivity contribution in [3.05, 3.63) is 35.2 Å². The highest BCUT2D eigenvalue weighted by Gasteiger charge is 2.20. The Morgan fingerprint density at radius 2 is 1.96 bits per heavy atom. The number of rotatable bonds is 4. The summed E-state index contributed by atoms with van der Waals surface area (Å²) in [6.07, 6.45) is 8.34. The number of amides is 2. The summed E-state index contributed by atoms with van der Waals surface area (Å²) in [7, 11) is 1.95. The van der Waals surface area contributed by atoms with E-state index in [0.717, 1.165) is 19.3 Å². The van der Waals surface area contributed by atoms with Crippen LogP contribution in [0, 0.1) is 0 Å². The Bertz CT molecular complexity index is 644. The average molecular weight is 330 g/mol. The van der Waals surface area contributed by atoms with E-state index in [2.05, 4.69) is 35.0 Å². The van der Waals surface area contributed by atoms with Gasteiger partial charge in [0.2, 0.25) is 0 Å². The van der Waals surface area contributed by atoms with Crippen molar-refractivity contribution >= 4 is 27.5 Å². The summed E-state index contributed by atoms with van der Waals surface area (Å²) >= 11 is 1.78. The smallest absolute Gasteiger partial charge is 0.317 e. The fraction of sp³-hybridized carbons (Fsp3) is 0.526. The molecule has 2 aromatic rings. The average Bonchev–Trinajstić information content (AvgIpc) is 2.80. The quantitative estimate of drug-likeness (QED) is 0.802. The second-order valence-corrected chi connectivity index (χ2v) is 7.41. The lowest BCUT2D eigenvalue weighted by molar-refractivity contribution is 0.184. The summed E-state index contributed by atoms with van der Waals surface area (Å²) in [4.78, 5) is 14.3. The topological polar surface area (TPSA) is 32.3 Å². The fourth-order valence-corrected chi connectivity index (χ4v) is 4.46. The molecule has 1 saturated carbocycles. The fourth-order valence-electron chi connectivity index (χ4n) is 3.47. The van der Waals surface area contributed by atoms with Gasteiger partial charge in [0.05, 0.1) is 0 Å². The van der Waals surface area contributed by atoms with Crippen LogP contribution in [0.3, 0.4) is 0 Å². The first-order valence-corrected chi connectivity index (χ1v) is 9.59. The second kappa shape index (κ2) is 7.82. The lowest BCUT2D eigenvalue weighted by atomic mass is 10.1. The molecule has 23 heavy (non-hydrogen) atoms. The van der Waals surface area contributed by atoms with Crippen LogP contribution < -0.4 is 5.32 Å². The maximum Gasteiger partial charge on any atom is 0.317 e. The zero-order chi connectivity index (χ0) is 16.1. The second-order valence-electron chi connectivity index (χ2n) is 6.50. The molecule has 0 spiro atoms. The van der Waals surface area contributed by atoms with Crippen LogP contribution in [0.4, 0.5) is 4.79 Å². The summed E-state index contributed by atoms with van der Waals surface area (Å²) in [5, 5.41) is 6.63. The number of carbonyl (C=O) groups is 1. The van der Waals surface area contributed by atoms with Crippen LogP contribution in [0.2, 0.25) is 0 Å². The summed E-state index contributed by atoms with van der Waals surface area (Å²) < 4.78 is 1.32. The van der Waals surface area contributed by atoms with Gasteiger partial charge in [0.15, 0.2) is 0 Å². The number of hydrogen-bond acceptors (Lipinski definition) is 2. The minimum Gasteiger partial charge on any atom is -0.338 e. The van der Waals surface area contributed by atoms with Gasteiger partial charge in [-0.1, -0.05) is 43.9 Å². The first-order chi connectivity index (χ1) is 11.3. The van der Waals surface area contributed by atoms with Crippen LogP contribution in [0.1, 0.15) is 44.1 Å². The van der Waals surface area contributed by atoms with E-state index >= 15 is 0 Å². The Morgan fingerprint density at radius 1 is 1.22 bits per heavy atom. The number of urea groups is 1. The third-order valence-electron chi connectivity index (χ3n) is 4.92. The van der Waals surface area contributed by atoms with Gasteiger partial charge in [0.1, 0.15) is 0 Å². The monoisotopic (exact) mass is 330 g/mol. The van der Waals surface area contributed by atoms with Gasteiger partial charge in [-0.25, -0.2) is 4.79 Å². The van der Waals surface area contributed by atoms with E-state index in [-0.39, 0.29) is 6.03 Å². The molecule has 1 fully saturated rings. The Kier molecular flexibility index (Phi) is 5.55. The Hall–Kier alpha value is -1.55. The maximum absolute atomic E-state index is 12.4. The standard InChI is InChI=1S/C19H26N2OS/c1-21(16-8-4-2-3-5-9-16)19(22)20-13-12-15-14-23-18-11-7-6-10-17(15)18/h6-7,10-11,14,16H,2-5,8-9,12-13H2,1H3,(H,20,22). The first kappa shape index (κ1) is 16.3. The SMILES string of the molecule is CN(C(=O)NCCc1csc2ccccc12)C1CCCCCC1. The van der Waals surface area contributed by atoms with E-state index in [1.807, 2.05) is 11.9 Å². The molecule has 0 saturated heterocycles. The zero-order valence-corrected chi connectivity index (χ0v) is 14.7. The van der Waals surface area contributed by atoms with Crippen LogP contribution >= 0.6 is 11.3 Å². The number of nitrogens with zero attached hydrogens (tertiary/aromatic N) is 1. The van der Waals surface area contributed by atoms with Crippen molar-refractivity contribution in [1.29, 1.82) is 0 Å². The normalized spacial score (nSPS) is 16.2. The number of hydrogen-bond donors (Lipinski definition) is 1. The summed E-state index contributed by atoms with van der Waals surface area (Å²) in [6, 6.07) is 8.97. The van der Waals surface area contributed by atoms with Gasteiger partial charge in [0, 0.05) is 24.3 Å². The minimum atomic E-state index is 0.0800. The van der Waals surface area contributed by atoms with Crippen molar-refractivity contribution < 1.29 is 4.79 Å². The molecule has 1 aromatic heterocycles. The number of fused-ring (bicyclic) bond motifs is 1. The third kappa shape index (κ3) is 4.05. The number of benzene rings is 1. The number of thiophene rings is 1. The highest BCUT2D eigenvalue weighted by molar-refractivity contribution is 7.17. The molecule has 124 valence electrons. The van der Waals surface area contributed by atoms with Gasteiger partial charge in [-0.15, -0.1) is 11.3 Å².